The van der Waals surface area contributed by atoms with Crippen LogP contribution in [0.5, 0.6) is 5.75 Å². The third kappa shape index (κ3) is 5.13. The molecule has 0 bridgehead atoms. The van der Waals surface area contributed by atoms with Crippen molar-refractivity contribution in [3.63, 3.8) is 0 Å². The summed E-state index contributed by atoms with van der Waals surface area (Å²) in [7, 11) is 0. The van der Waals surface area contributed by atoms with Crippen LogP contribution in [0.1, 0.15) is 11.1 Å². The van der Waals surface area contributed by atoms with E-state index < -0.39 is 16.7 Å². The van der Waals surface area contributed by atoms with Crippen LogP contribution in [0.15, 0.2) is 54.6 Å². The molecule has 11 heteroatoms. The van der Waals surface area contributed by atoms with E-state index in [1.54, 1.807) is 12.1 Å². The summed E-state index contributed by atoms with van der Waals surface area (Å²) < 4.78 is 5.67. The minimum Gasteiger partial charge on any atom is -0.486 e. The minimum atomic E-state index is -0.633. The molecule has 2 amide bonds. The van der Waals surface area contributed by atoms with E-state index in [-0.39, 0.29) is 45.3 Å². The second-order valence-electron chi connectivity index (χ2n) is 6.55. The molecule has 1 aliphatic rings. The Morgan fingerprint density at radius 3 is 2.38 bits per heavy atom. The van der Waals surface area contributed by atoms with Gasteiger partial charge < -0.3 is 4.74 Å². The van der Waals surface area contributed by atoms with Gasteiger partial charge in [0.15, 0.2) is 10.9 Å². The van der Waals surface area contributed by atoms with Crippen LogP contribution < -0.4 is 10.1 Å². The Bertz CT molecular complexity index is 1140. The molecule has 1 heterocycles. The fraction of sp³-hybridized carbons (Fsp3) is 0.0952. The Hall–Kier alpha value is -3.27. The molecule has 2 aromatic carbocycles. The first-order valence-corrected chi connectivity index (χ1v) is 10.2. The average Bonchev–Trinajstić information content (AvgIpc) is 2.74. The van der Waals surface area contributed by atoms with Gasteiger partial charge in [-0.25, -0.2) is 0 Å². The quantitative estimate of drug-likeness (QED) is 0.155. The molecule has 8 nitrogen and oxygen atoms in total. The first-order chi connectivity index (χ1) is 15.2. The molecule has 2 aromatic rings. The summed E-state index contributed by atoms with van der Waals surface area (Å²) in [6.07, 6.45) is 2.84. The Morgan fingerprint density at radius 1 is 1.19 bits per heavy atom. The molecule has 164 valence electrons. The summed E-state index contributed by atoms with van der Waals surface area (Å²) >= 11 is 17.6. The van der Waals surface area contributed by atoms with Crippen LogP contribution in [0.2, 0.25) is 10.0 Å². The SMILES string of the molecule is C=CCN1C(=O)/C(=C/c2cc(Cl)c(OCc3ccc([N+](=O)[O-])cc3)c(Cl)c2)C(=O)NC1=S. The fourth-order valence-electron chi connectivity index (χ4n) is 2.83. The summed E-state index contributed by atoms with van der Waals surface area (Å²) in [5.41, 5.74) is 0.923. The van der Waals surface area contributed by atoms with Gasteiger partial charge in [-0.2, -0.15) is 0 Å². The maximum Gasteiger partial charge on any atom is 0.269 e. The van der Waals surface area contributed by atoms with Crippen LogP contribution >= 0.6 is 35.4 Å². The van der Waals surface area contributed by atoms with E-state index in [2.05, 4.69) is 11.9 Å². The Balaban J connectivity index is 1.81. The van der Waals surface area contributed by atoms with Crippen LogP contribution in [-0.2, 0) is 16.2 Å². The van der Waals surface area contributed by atoms with Crippen molar-refractivity contribution >= 4 is 64.1 Å². The molecular formula is C21H15Cl2N3O5S. The normalized spacial score (nSPS) is 15.0. The zero-order valence-corrected chi connectivity index (χ0v) is 18.7. The summed E-state index contributed by atoms with van der Waals surface area (Å²) in [4.78, 5) is 36.3. The predicted molar refractivity (Wildman–Crippen MR) is 125 cm³/mol. The highest BCUT2D eigenvalue weighted by Gasteiger charge is 2.32. The number of thiocarbonyl (C=S) groups is 1. The first-order valence-electron chi connectivity index (χ1n) is 9.06. The zero-order valence-electron chi connectivity index (χ0n) is 16.3. The second kappa shape index (κ2) is 9.90. The van der Waals surface area contributed by atoms with E-state index in [4.69, 9.17) is 40.2 Å². The molecule has 0 aliphatic carbocycles. The van der Waals surface area contributed by atoms with E-state index in [9.17, 15) is 19.7 Å². The van der Waals surface area contributed by atoms with Gasteiger partial charge in [-0.3, -0.25) is 29.9 Å². The number of ether oxygens (including phenoxy) is 1. The van der Waals surface area contributed by atoms with Crippen molar-refractivity contribution in [2.75, 3.05) is 6.54 Å². The molecule has 0 unspecified atom stereocenters. The molecular weight excluding hydrogens is 477 g/mol. The Labute approximate surface area is 198 Å². The molecule has 1 N–H and O–H groups in total. The van der Waals surface area contributed by atoms with Crippen molar-refractivity contribution in [2.45, 2.75) is 6.61 Å². The highest BCUT2D eigenvalue weighted by Crippen LogP contribution is 2.35. The topological polar surface area (TPSA) is 102 Å². The number of carbonyl (C=O) groups excluding carboxylic acids is 2. The molecule has 1 aliphatic heterocycles. The highest BCUT2D eigenvalue weighted by molar-refractivity contribution is 7.80. The number of halogens is 2. The zero-order chi connectivity index (χ0) is 23.4. The van der Waals surface area contributed by atoms with Crippen LogP contribution in [0.3, 0.4) is 0 Å². The lowest BCUT2D eigenvalue weighted by Crippen LogP contribution is -2.53. The van der Waals surface area contributed by atoms with Gasteiger partial charge in [0.2, 0.25) is 0 Å². The molecule has 0 radical (unpaired) electrons. The Morgan fingerprint density at radius 2 is 1.81 bits per heavy atom. The summed E-state index contributed by atoms with van der Waals surface area (Å²) in [6.45, 7) is 3.79. The van der Waals surface area contributed by atoms with Gasteiger partial charge in [0.1, 0.15) is 12.2 Å². The lowest BCUT2D eigenvalue weighted by Gasteiger charge is -2.27. The number of nitrogens with zero attached hydrogens (tertiary/aromatic N) is 2. The molecule has 0 spiro atoms. The number of hydrogen-bond donors (Lipinski definition) is 1. The first kappa shape index (κ1) is 23.4. The summed E-state index contributed by atoms with van der Waals surface area (Å²) in [5, 5.41) is 13.5. The number of rotatable bonds is 7. The molecule has 1 fully saturated rings. The predicted octanol–water partition coefficient (Wildman–Crippen LogP) is 4.29. The van der Waals surface area contributed by atoms with Crippen molar-refractivity contribution in [3.8, 4) is 5.75 Å². The van der Waals surface area contributed by atoms with Crippen molar-refractivity contribution in [1.29, 1.82) is 0 Å². The molecule has 0 saturated carbocycles. The van der Waals surface area contributed by atoms with Gasteiger partial charge in [-0.05, 0) is 53.7 Å². The largest absolute Gasteiger partial charge is 0.486 e. The van der Waals surface area contributed by atoms with Gasteiger partial charge in [-0.15, -0.1) is 6.58 Å². The number of nitrogens with one attached hydrogen (secondary N) is 1. The van der Waals surface area contributed by atoms with E-state index in [0.717, 1.165) is 0 Å². The minimum absolute atomic E-state index is 0.00288. The summed E-state index contributed by atoms with van der Waals surface area (Å²) in [5.74, 6) is -1.00. The van der Waals surface area contributed by atoms with E-state index in [1.165, 1.54) is 41.3 Å². The van der Waals surface area contributed by atoms with E-state index >= 15 is 0 Å². The number of nitro groups is 1. The van der Waals surface area contributed by atoms with Crippen molar-refractivity contribution in [3.05, 3.63) is 85.9 Å². The van der Waals surface area contributed by atoms with Gasteiger partial charge in [0.25, 0.3) is 17.5 Å². The monoisotopic (exact) mass is 491 g/mol. The van der Waals surface area contributed by atoms with Gasteiger partial charge in [0, 0.05) is 18.7 Å². The lowest BCUT2D eigenvalue weighted by molar-refractivity contribution is -0.384. The number of amides is 2. The van der Waals surface area contributed by atoms with E-state index in [0.29, 0.717) is 11.1 Å². The third-order valence-electron chi connectivity index (χ3n) is 4.36. The highest BCUT2D eigenvalue weighted by atomic mass is 35.5. The number of hydrogen-bond acceptors (Lipinski definition) is 6. The fourth-order valence-corrected chi connectivity index (χ4v) is 3.69. The van der Waals surface area contributed by atoms with Crippen LogP contribution in [0.25, 0.3) is 6.08 Å². The standard InChI is InChI=1S/C21H15Cl2N3O5S/c1-2-7-25-20(28)15(19(27)24-21(25)32)8-13-9-16(22)18(17(23)10-13)31-11-12-3-5-14(6-4-12)26(29)30/h2-6,8-10H,1,7,11H2,(H,24,27,32)/b15-8+. The summed E-state index contributed by atoms with van der Waals surface area (Å²) in [6, 6.07) is 8.85. The van der Waals surface area contributed by atoms with Crippen LogP contribution in [-0.4, -0.2) is 33.3 Å². The third-order valence-corrected chi connectivity index (χ3v) is 5.24. The maximum atomic E-state index is 12.6. The number of nitro benzene ring substituents is 1. The van der Waals surface area contributed by atoms with Gasteiger partial charge >= 0.3 is 0 Å². The maximum absolute atomic E-state index is 12.6. The number of benzene rings is 2. The van der Waals surface area contributed by atoms with E-state index in [1.807, 2.05) is 0 Å². The van der Waals surface area contributed by atoms with Crippen LogP contribution in [0.4, 0.5) is 5.69 Å². The lowest BCUT2D eigenvalue weighted by atomic mass is 10.1. The molecule has 0 atom stereocenters. The van der Waals surface area contributed by atoms with Crippen molar-refractivity contribution in [2.24, 2.45) is 0 Å². The Kier molecular flexibility index (Phi) is 7.24. The molecule has 0 aromatic heterocycles. The average molecular weight is 492 g/mol. The van der Waals surface area contributed by atoms with Gasteiger partial charge in [-0.1, -0.05) is 29.3 Å². The molecule has 1 saturated heterocycles. The molecule has 32 heavy (non-hydrogen) atoms. The van der Waals surface area contributed by atoms with Crippen molar-refractivity contribution < 1.29 is 19.2 Å². The number of carbonyl (C=O) groups is 2. The second-order valence-corrected chi connectivity index (χ2v) is 7.75. The van der Waals surface area contributed by atoms with Crippen molar-refractivity contribution in [1.82, 2.24) is 10.2 Å². The number of non-ortho nitro benzene ring substituents is 1. The smallest absolute Gasteiger partial charge is 0.269 e. The van der Waals surface area contributed by atoms with Crippen LogP contribution in [0, 0.1) is 10.1 Å². The molecule has 3 rings (SSSR count). The van der Waals surface area contributed by atoms with Gasteiger partial charge in [0.05, 0.1) is 15.0 Å².